The third-order valence-corrected chi connectivity index (χ3v) is 22.8. The Kier molecular flexibility index (Phi) is 20.9. The topological polar surface area (TPSA) is 181 Å². The smallest absolute Gasteiger partial charge is 0.302 e. The molecule has 4 aromatic carbocycles. The Morgan fingerprint density at radius 3 is 0.771 bits per heavy atom. The molecule has 4 fully saturated rings. The molecule has 4 N–H and O–H groups in total. The summed E-state index contributed by atoms with van der Waals surface area (Å²) in [5.41, 5.74) is 16.8. The molecular formula is C80H104N8O8. The zero-order chi connectivity index (χ0) is 66.7. The van der Waals surface area contributed by atoms with Crippen LogP contribution < -0.4 is 0 Å². The molecule has 4 saturated heterocycles. The van der Waals surface area contributed by atoms with Gasteiger partial charge in [-0.05, 0) is 172 Å². The monoisotopic (exact) mass is 1300 g/mol. The van der Waals surface area contributed by atoms with Crippen LogP contribution in [0.1, 0.15) is 175 Å². The van der Waals surface area contributed by atoms with E-state index in [1.54, 1.807) is 0 Å². The molecule has 0 saturated carbocycles. The number of aromatic amines is 4. The third kappa shape index (κ3) is 14.1. The van der Waals surface area contributed by atoms with Crippen LogP contribution in [-0.4, -0.2) is 166 Å². The van der Waals surface area contributed by atoms with Crippen molar-refractivity contribution in [2.75, 3.05) is 78.8 Å². The Balaban J connectivity index is 0.000000116. The van der Waals surface area contributed by atoms with Gasteiger partial charge in [0.25, 0.3) is 0 Å². The highest BCUT2D eigenvalue weighted by molar-refractivity contribution is 5.91. The average Bonchev–Trinajstić information content (AvgIpc) is 1.42. The zero-order valence-corrected chi connectivity index (χ0v) is 58.2. The second-order valence-corrected chi connectivity index (χ2v) is 29.4. The Morgan fingerprint density at radius 1 is 0.354 bits per heavy atom. The van der Waals surface area contributed by atoms with Gasteiger partial charge < -0.3 is 38.9 Å². The summed E-state index contributed by atoms with van der Waals surface area (Å²) in [6.07, 6.45) is 22.4. The SMILES string of the molecule is CCCN1C[C@H](COC(C)=O)C[C@@H]2c3cccc4[nH]cc(c34)C[C@H]21.CCCN1C[C@H](COC(C)=O)C[C@@H]2c3cccc4[nH]cc(c34)C[C@H]21.CCCN1C[C@H](COC(C)=O)C[C@@H]2c3cccc4[nH]cc(c34)C[C@H]21.CCCN1C[C@H](COC(C)=O)C[C@@H]2c3cccc4[nH]cc(c34)C[C@H]21. The molecule has 96 heavy (non-hydrogen) atoms. The van der Waals surface area contributed by atoms with Crippen molar-refractivity contribution in [2.45, 2.75) is 180 Å². The lowest BCUT2D eigenvalue weighted by Gasteiger charge is -2.47. The van der Waals surface area contributed by atoms with Crippen LogP contribution in [0.25, 0.3) is 43.6 Å². The first-order valence-corrected chi connectivity index (χ1v) is 36.5. The molecule has 16 nitrogen and oxygen atoms in total. The van der Waals surface area contributed by atoms with E-state index in [1.165, 1.54) is 116 Å². The zero-order valence-electron chi connectivity index (χ0n) is 58.2. The summed E-state index contributed by atoms with van der Waals surface area (Å²) in [5.74, 6) is 3.20. The number of hydrogen-bond acceptors (Lipinski definition) is 12. The molecule has 12 atom stereocenters. The minimum Gasteiger partial charge on any atom is -0.466 e. The van der Waals surface area contributed by atoms with Crippen LogP contribution in [0.15, 0.2) is 97.6 Å². The van der Waals surface area contributed by atoms with E-state index in [-0.39, 0.29) is 23.9 Å². The summed E-state index contributed by atoms with van der Waals surface area (Å²) >= 11 is 0. The van der Waals surface area contributed by atoms with Crippen LogP contribution in [0, 0.1) is 23.7 Å². The van der Waals surface area contributed by atoms with E-state index in [1.807, 2.05) is 0 Å². The summed E-state index contributed by atoms with van der Waals surface area (Å²) in [4.78, 5) is 69.2. The maximum absolute atomic E-state index is 11.2. The first kappa shape index (κ1) is 67.3. The predicted molar refractivity (Wildman–Crippen MR) is 381 cm³/mol. The first-order chi connectivity index (χ1) is 46.7. The van der Waals surface area contributed by atoms with Crippen molar-refractivity contribution < 1.29 is 38.1 Å². The number of carbonyl (C=O) groups excluding carboxylic acids is 4. The lowest BCUT2D eigenvalue weighted by Crippen LogP contribution is -2.51. The minimum atomic E-state index is -0.169. The molecule has 0 radical (unpaired) electrons. The van der Waals surface area contributed by atoms with Crippen LogP contribution >= 0.6 is 0 Å². The molecule has 0 unspecified atom stereocenters. The maximum Gasteiger partial charge on any atom is 0.302 e. The highest BCUT2D eigenvalue weighted by atomic mass is 16.5. The number of rotatable bonds is 16. The molecule has 512 valence electrons. The summed E-state index contributed by atoms with van der Waals surface area (Å²) in [6, 6.07) is 28.9. The first-order valence-electron chi connectivity index (χ1n) is 36.5. The molecule has 16 heteroatoms. The van der Waals surface area contributed by atoms with Gasteiger partial charge in [0.15, 0.2) is 0 Å². The van der Waals surface area contributed by atoms with Crippen LogP contribution in [0.2, 0.25) is 0 Å². The Hall–Kier alpha value is -7.24. The number of likely N-dealkylation sites (tertiary alicyclic amines) is 4. The summed E-state index contributed by atoms with van der Waals surface area (Å²) < 4.78 is 21.4. The van der Waals surface area contributed by atoms with E-state index < -0.39 is 0 Å². The standard InChI is InChI=1S/4C20H26N2O2/c4*1-3-7-22-11-14(12-24-13(2)23)8-17-16-5-4-6-18-20(16)15(10-21-18)9-19(17)22/h4*4-6,10,14,17,19,21H,3,7-9,11-12H2,1-2H3/t4*14-,17-,19-/m1111/s1. The van der Waals surface area contributed by atoms with Crippen molar-refractivity contribution >= 4 is 67.5 Å². The molecule has 0 amide bonds. The van der Waals surface area contributed by atoms with E-state index in [0.29, 0.717) is 97.9 Å². The van der Waals surface area contributed by atoms with Crippen LogP contribution in [-0.2, 0) is 63.8 Å². The number of fused-ring (bicyclic) bond motifs is 8. The summed E-state index contributed by atoms with van der Waals surface area (Å²) in [6.45, 7) is 25.8. The van der Waals surface area contributed by atoms with Gasteiger partial charge in [0.2, 0.25) is 0 Å². The van der Waals surface area contributed by atoms with Gasteiger partial charge in [-0.2, -0.15) is 0 Å². The molecule has 8 heterocycles. The number of piperidine rings is 4. The van der Waals surface area contributed by atoms with Gasteiger partial charge >= 0.3 is 23.9 Å². The third-order valence-electron chi connectivity index (χ3n) is 22.8. The highest BCUT2D eigenvalue weighted by Gasteiger charge is 2.45. The average molecular weight is 1310 g/mol. The molecule has 8 aromatic rings. The van der Waals surface area contributed by atoms with Gasteiger partial charge in [-0.3, -0.25) is 38.8 Å². The van der Waals surface area contributed by atoms with E-state index in [9.17, 15) is 19.2 Å². The fourth-order valence-corrected chi connectivity index (χ4v) is 19.2. The van der Waals surface area contributed by atoms with Gasteiger partial charge in [-0.1, -0.05) is 76.2 Å². The van der Waals surface area contributed by atoms with Crippen LogP contribution in [0.3, 0.4) is 0 Å². The Labute approximate surface area is 567 Å². The van der Waals surface area contributed by atoms with Crippen molar-refractivity contribution in [1.29, 1.82) is 0 Å². The normalized spacial score (nSPS) is 26.3. The molecule has 16 rings (SSSR count). The van der Waals surface area contributed by atoms with Gasteiger partial charge in [-0.25, -0.2) is 0 Å². The van der Waals surface area contributed by atoms with Gasteiger partial charge in [-0.15, -0.1) is 0 Å². The van der Waals surface area contributed by atoms with Crippen molar-refractivity contribution in [1.82, 2.24) is 39.5 Å². The number of hydrogen-bond donors (Lipinski definition) is 4. The predicted octanol–water partition coefficient (Wildman–Crippen LogP) is 13.9. The van der Waals surface area contributed by atoms with Crippen LogP contribution in [0.5, 0.6) is 0 Å². The lowest BCUT2D eigenvalue weighted by atomic mass is 9.72. The molecule has 4 aliphatic heterocycles. The van der Waals surface area contributed by atoms with Gasteiger partial charge in [0, 0.05) is 194 Å². The Morgan fingerprint density at radius 2 is 0.573 bits per heavy atom. The summed E-state index contributed by atoms with van der Waals surface area (Å²) in [7, 11) is 0. The number of esters is 4. The number of nitrogens with zero attached hydrogens (tertiary/aromatic N) is 4. The highest BCUT2D eigenvalue weighted by Crippen LogP contribution is 2.49. The van der Waals surface area contributed by atoms with E-state index >= 15 is 0 Å². The van der Waals surface area contributed by atoms with E-state index in [0.717, 1.165) is 129 Å². The van der Waals surface area contributed by atoms with Crippen LogP contribution in [0.4, 0.5) is 0 Å². The fraction of sp³-hybridized carbons (Fsp3) is 0.550. The molecule has 0 spiro atoms. The number of carbonyl (C=O) groups is 4. The van der Waals surface area contributed by atoms with Gasteiger partial charge in [0.05, 0.1) is 26.4 Å². The lowest BCUT2D eigenvalue weighted by molar-refractivity contribution is -0.144. The molecule has 0 bridgehead atoms. The molecule has 4 aliphatic carbocycles. The van der Waals surface area contributed by atoms with E-state index in [2.05, 4.69) is 165 Å². The van der Waals surface area contributed by atoms with Crippen molar-refractivity contribution in [3.8, 4) is 0 Å². The van der Waals surface area contributed by atoms with Crippen molar-refractivity contribution in [3.63, 3.8) is 0 Å². The maximum atomic E-state index is 11.2. The quantitative estimate of drug-likeness (QED) is 0.0532. The largest absolute Gasteiger partial charge is 0.466 e. The minimum absolute atomic E-state index is 0.169. The molecule has 8 aliphatic rings. The Bertz CT molecular complexity index is 3520. The van der Waals surface area contributed by atoms with Gasteiger partial charge in [0.1, 0.15) is 0 Å². The second kappa shape index (κ2) is 29.9. The summed E-state index contributed by atoms with van der Waals surface area (Å²) in [5, 5.41) is 5.73. The number of aromatic nitrogens is 4. The molecule has 4 aromatic heterocycles. The number of benzene rings is 4. The second-order valence-electron chi connectivity index (χ2n) is 29.4. The van der Waals surface area contributed by atoms with Crippen molar-refractivity contribution in [2.24, 2.45) is 23.7 Å². The number of nitrogens with one attached hydrogen (secondary N) is 4. The molecular weight excluding hydrogens is 1200 g/mol. The van der Waals surface area contributed by atoms with E-state index in [4.69, 9.17) is 18.9 Å². The number of H-pyrrole nitrogens is 4. The van der Waals surface area contributed by atoms with Crippen molar-refractivity contribution in [3.05, 3.63) is 142 Å². The number of ether oxygens (including phenoxy) is 4. The fourth-order valence-electron chi connectivity index (χ4n) is 19.2.